The van der Waals surface area contributed by atoms with Gasteiger partial charge in [-0.25, -0.2) is 0 Å². The molecule has 0 radical (unpaired) electrons. The summed E-state index contributed by atoms with van der Waals surface area (Å²) < 4.78 is 4.85. The van der Waals surface area contributed by atoms with Gasteiger partial charge in [0.1, 0.15) is 5.69 Å². The van der Waals surface area contributed by atoms with Crippen molar-refractivity contribution in [3.8, 4) is 0 Å². The Hall–Kier alpha value is -2.15. The van der Waals surface area contributed by atoms with Gasteiger partial charge in [0.25, 0.3) is 11.6 Å². The van der Waals surface area contributed by atoms with E-state index in [-0.39, 0.29) is 28.2 Å². The molecule has 0 saturated heterocycles. The van der Waals surface area contributed by atoms with Crippen molar-refractivity contribution in [2.45, 2.75) is 13.3 Å². The number of nitro groups is 1. The summed E-state index contributed by atoms with van der Waals surface area (Å²) in [6.07, 6.45) is 0.764. The van der Waals surface area contributed by atoms with Crippen LogP contribution in [0.4, 0.5) is 11.4 Å². The predicted molar refractivity (Wildman–Crippen MR) is 75.0 cm³/mol. The molecule has 0 aromatic heterocycles. The van der Waals surface area contributed by atoms with Crippen LogP contribution in [0.15, 0.2) is 18.2 Å². The number of nitrogens with one attached hydrogen (secondary N) is 1. The summed E-state index contributed by atoms with van der Waals surface area (Å²) in [6.45, 7) is 1.44. The van der Waals surface area contributed by atoms with Crippen LogP contribution in [0.5, 0.6) is 0 Å². The lowest BCUT2D eigenvalue weighted by atomic mass is 10.2. The van der Waals surface area contributed by atoms with Gasteiger partial charge in [-0.15, -0.1) is 0 Å². The van der Waals surface area contributed by atoms with Gasteiger partial charge in [0.15, 0.2) is 6.61 Å². The third-order valence-corrected chi connectivity index (χ3v) is 3.42. The van der Waals surface area contributed by atoms with Crippen LogP contribution in [0.1, 0.15) is 13.3 Å². The standard InChI is InChI=1S/C13H13ClN2O5/c1-7-4-9(7)13(18)21-6-12(17)15-10-5-8(14)2-3-11(10)16(19)20/h2-3,5,7,9H,4,6H2,1H3,(H,15,17)/t7-,9+/m1/s1. The molecule has 7 nitrogen and oxygen atoms in total. The second-order valence-corrected chi connectivity index (χ2v) is 5.33. The highest BCUT2D eigenvalue weighted by Crippen LogP contribution is 2.38. The van der Waals surface area contributed by atoms with E-state index in [0.717, 1.165) is 6.42 Å². The molecular formula is C13H13ClN2O5. The number of halogens is 1. The molecule has 1 aromatic rings. The second-order valence-electron chi connectivity index (χ2n) is 4.89. The van der Waals surface area contributed by atoms with E-state index in [0.29, 0.717) is 0 Å². The number of amides is 1. The number of rotatable bonds is 5. The molecule has 1 aromatic carbocycles. The Balaban J connectivity index is 1.94. The molecule has 1 amide bonds. The molecule has 8 heteroatoms. The summed E-state index contributed by atoms with van der Waals surface area (Å²) in [6, 6.07) is 3.81. The van der Waals surface area contributed by atoms with E-state index in [2.05, 4.69) is 5.32 Å². The fourth-order valence-corrected chi connectivity index (χ4v) is 2.02. The fraction of sp³-hybridized carbons (Fsp3) is 0.385. The number of hydrogen-bond acceptors (Lipinski definition) is 5. The Morgan fingerprint density at radius 1 is 1.52 bits per heavy atom. The first-order valence-electron chi connectivity index (χ1n) is 6.29. The van der Waals surface area contributed by atoms with E-state index in [1.165, 1.54) is 18.2 Å². The number of nitrogens with zero attached hydrogens (tertiary/aromatic N) is 1. The molecular weight excluding hydrogens is 300 g/mol. The van der Waals surface area contributed by atoms with E-state index < -0.39 is 23.4 Å². The average molecular weight is 313 g/mol. The van der Waals surface area contributed by atoms with Gasteiger partial charge in [-0.05, 0) is 24.5 Å². The van der Waals surface area contributed by atoms with Gasteiger partial charge in [-0.1, -0.05) is 18.5 Å². The van der Waals surface area contributed by atoms with Crippen LogP contribution in [-0.4, -0.2) is 23.4 Å². The second kappa shape index (κ2) is 6.09. The molecule has 1 fully saturated rings. The van der Waals surface area contributed by atoms with Gasteiger partial charge in [-0.3, -0.25) is 19.7 Å². The summed E-state index contributed by atoms with van der Waals surface area (Å²) in [7, 11) is 0. The minimum absolute atomic E-state index is 0.0339. The summed E-state index contributed by atoms with van der Waals surface area (Å²) >= 11 is 5.74. The molecule has 0 aliphatic heterocycles. The highest BCUT2D eigenvalue weighted by Gasteiger charge is 2.40. The zero-order valence-corrected chi connectivity index (χ0v) is 11.9. The van der Waals surface area contributed by atoms with Crippen molar-refractivity contribution in [1.82, 2.24) is 0 Å². The van der Waals surface area contributed by atoms with E-state index >= 15 is 0 Å². The van der Waals surface area contributed by atoms with Gasteiger partial charge >= 0.3 is 5.97 Å². The number of hydrogen-bond donors (Lipinski definition) is 1. The lowest BCUT2D eigenvalue weighted by molar-refractivity contribution is -0.383. The summed E-state index contributed by atoms with van der Waals surface area (Å²) in [5.41, 5.74) is -0.316. The van der Waals surface area contributed by atoms with Crippen LogP contribution in [0.2, 0.25) is 5.02 Å². The Morgan fingerprint density at radius 2 is 2.19 bits per heavy atom. The number of carbonyl (C=O) groups is 2. The Kier molecular flexibility index (Phi) is 4.42. The molecule has 0 bridgehead atoms. The topological polar surface area (TPSA) is 98.5 Å². The largest absolute Gasteiger partial charge is 0.455 e. The average Bonchev–Trinajstić information content (AvgIpc) is 3.13. The molecule has 1 N–H and O–H groups in total. The van der Waals surface area contributed by atoms with Crippen LogP contribution in [-0.2, 0) is 14.3 Å². The van der Waals surface area contributed by atoms with Crippen molar-refractivity contribution >= 4 is 34.9 Å². The van der Waals surface area contributed by atoms with Crippen molar-refractivity contribution in [2.24, 2.45) is 11.8 Å². The van der Waals surface area contributed by atoms with Crippen molar-refractivity contribution in [1.29, 1.82) is 0 Å². The third-order valence-electron chi connectivity index (χ3n) is 3.19. The van der Waals surface area contributed by atoms with Gasteiger partial charge < -0.3 is 10.1 Å². The van der Waals surface area contributed by atoms with E-state index in [9.17, 15) is 19.7 Å². The Morgan fingerprint density at radius 3 is 2.76 bits per heavy atom. The molecule has 0 heterocycles. The van der Waals surface area contributed by atoms with Gasteiger partial charge in [-0.2, -0.15) is 0 Å². The monoisotopic (exact) mass is 312 g/mol. The normalized spacial score (nSPS) is 19.7. The van der Waals surface area contributed by atoms with Gasteiger partial charge in [0.05, 0.1) is 10.8 Å². The third kappa shape index (κ3) is 3.91. The molecule has 0 unspecified atom stereocenters. The minimum atomic E-state index is -0.651. The summed E-state index contributed by atoms with van der Waals surface area (Å²) in [4.78, 5) is 33.3. The smallest absolute Gasteiger partial charge is 0.309 e. The highest BCUT2D eigenvalue weighted by atomic mass is 35.5. The van der Waals surface area contributed by atoms with E-state index in [1.54, 1.807) is 0 Å². The molecule has 2 rings (SSSR count). The number of ether oxygens (including phenoxy) is 1. The molecule has 2 atom stereocenters. The molecule has 21 heavy (non-hydrogen) atoms. The number of carbonyl (C=O) groups excluding carboxylic acids is 2. The maximum atomic E-state index is 11.7. The number of anilines is 1. The van der Waals surface area contributed by atoms with E-state index in [1.807, 2.05) is 6.92 Å². The highest BCUT2D eigenvalue weighted by molar-refractivity contribution is 6.31. The lowest BCUT2D eigenvalue weighted by Crippen LogP contribution is -2.22. The van der Waals surface area contributed by atoms with Crippen molar-refractivity contribution in [3.63, 3.8) is 0 Å². The summed E-state index contributed by atoms with van der Waals surface area (Å²) in [5, 5.41) is 13.4. The van der Waals surface area contributed by atoms with Crippen LogP contribution >= 0.6 is 11.6 Å². The Bertz CT molecular complexity index is 604. The van der Waals surface area contributed by atoms with Crippen LogP contribution in [0, 0.1) is 22.0 Å². The van der Waals surface area contributed by atoms with Crippen LogP contribution in [0.25, 0.3) is 0 Å². The number of benzene rings is 1. The zero-order valence-electron chi connectivity index (χ0n) is 11.2. The number of nitro benzene ring substituents is 1. The predicted octanol–water partition coefficient (Wildman–Crippen LogP) is 2.39. The quantitative estimate of drug-likeness (QED) is 0.511. The molecule has 1 aliphatic rings. The van der Waals surface area contributed by atoms with Crippen LogP contribution in [0.3, 0.4) is 0 Å². The zero-order chi connectivity index (χ0) is 15.6. The lowest BCUT2D eigenvalue weighted by Gasteiger charge is -2.07. The number of esters is 1. The fourth-order valence-electron chi connectivity index (χ4n) is 1.85. The Labute approximate surface area is 125 Å². The molecule has 112 valence electrons. The van der Waals surface area contributed by atoms with Gasteiger partial charge in [0, 0.05) is 11.1 Å². The van der Waals surface area contributed by atoms with Crippen LogP contribution < -0.4 is 5.32 Å². The maximum Gasteiger partial charge on any atom is 0.309 e. The SMILES string of the molecule is C[C@@H]1C[C@@H]1C(=O)OCC(=O)Nc1cc(Cl)ccc1[N+](=O)[O-]. The van der Waals surface area contributed by atoms with Crippen molar-refractivity contribution in [2.75, 3.05) is 11.9 Å². The van der Waals surface area contributed by atoms with Crippen molar-refractivity contribution < 1.29 is 19.2 Å². The van der Waals surface area contributed by atoms with E-state index in [4.69, 9.17) is 16.3 Å². The first kappa shape index (κ1) is 15.2. The molecule has 0 spiro atoms. The van der Waals surface area contributed by atoms with Crippen molar-refractivity contribution in [3.05, 3.63) is 33.3 Å². The molecule has 1 aliphatic carbocycles. The molecule has 1 saturated carbocycles. The maximum absolute atomic E-state index is 11.7. The summed E-state index contributed by atoms with van der Waals surface area (Å²) in [5.74, 6) is -0.923. The first-order valence-corrected chi connectivity index (χ1v) is 6.66. The van der Waals surface area contributed by atoms with Gasteiger partial charge in [0.2, 0.25) is 0 Å². The minimum Gasteiger partial charge on any atom is -0.455 e. The first-order chi connectivity index (χ1) is 9.88.